The van der Waals surface area contributed by atoms with Gasteiger partial charge in [-0.15, -0.1) is 10.2 Å². The molecule has 0 spiro atoms. The normalized spacial score (nSPS) is 26.7. The number of aromatic nitrogens is 4. The lowest BCUT2D eigenvalue weighted by molar-refractivity contribution is 0.180. The van der Waals surface area contributed by atoms with Gasteiger partial charge in [-0.1, -0.05) is 38.0 Å². The third-order valence-electron chi connectivity index (χ3n) is 5.13. The molecule has 1 saturated carbocycles. The van der Waals surface area contributed by atoms with Crippen LogP contribution in [0.5, 0.6) is 0 Å². The fraction of sp³-hybridized carbons (Fsp3) is 0.800. The van der Waals surface area contributed by atoms with Crippen molar-refractivity contribution < 1.29 is 0 Å². The molecule has 2 aromatic heterocycles. The Morgan fingerprint density at radius 3 is 2.76 bits per heavy atom. The van der Waals surface area contributed by atoms with Crippen LogP contribution in [0, 0.1) is 5.41 Å². The van der Waals surface area contributed by atoms with Crippen LogP contribution in [-0.2, 0) is 0 Å². The van der Waals surface area contributed by atoms with Gasteiger partial charge in [-0.2, -0.15) is 9.61 Å². The number of nitrogens with zero attached hydrogens (tertiary/aromatic N) is 4. The molecule has 1 aliphatic carbocycles. The van der Waals surface area contributed by atoms with Crippen LogP contribution >= 0.6 is 11.3 Å². The second-order valence-electron chi connectivity index (χ2n) is 7.15. The van der Waals surface area contributed by atoms with Crippen molar-refractivity contribution in [1.29, 1.82) is 0 Å². The van der Waals surface area contributed by atoms with Crippen LogP contribution in [0.2, 0.25) is 0 Å². The number of hydrogen-bond acceptors (Lipinski definition) is 5. The lowest BCUT2D eigenvalue weighted by Crippen LogP contribution is -2.39. The van der Waals surface area contributed by atoms with Crippen molar-refractivity contribution in [2.75, 3.05) is 6.54 Å². The summed E-state index contributed by atoms with van der Waals surface area (Å²) in [7, 11) is 0. The van der Waals surface area contributed by atoms with E-state index in [4.69, 9.17) is 5.10 Å². The first-order chi connectivity index (χ1) is 10.1. The first-order valence-corrected chi connectivity index (χ1v) is 8.92. The molecule has 2 aliphatic rings. The van der Waals surface area contributed by atoms with E-state index in [1.165, 1.54) is 43.5 Å². The molecule has 5 nitrogen and oxygen atoms in total. The molecular weight excluding hydrogens is 282 g/mol. The quantitative estimate of drug-likeness (QED) is 0.925. The van der Waals surface area contributed by atoms with E-state index in [0.717, 1.165) is 17.3 Å². The third-order valence-corrected chi connectivity index (χ3v) is 6.09. The van der Waals surface area contributed by atoms with Gasteiger partial charge in [0.05, 0.1) is 6.04 Å². The monoisotopic (exact) mass is 305 g/mol. The van der Waals surface area contributed by atoms with Gasteiger partial charge in [0.2, 0.25) is 4.96 Å². The summed E-state index contributed by atoms with van der Waals surface area (Å²) in [6, 6.07) is 0.342. The van der Waals surface area contributed by atoms with Gasteiger partial charge in [0.15, 0.2) is 5.82 Å². The van der Waals surface area contributed by atoms with Gasteiger partial charge in [-0.3, -0.25) is 0 Å². The SMILES string of the molecule is CC1(C)CCCNC1c1nn2c(C3CCCC3)nnc2s1. The number of hydrogen-bond donors (Lipinski definition) is 1. The minimum atomic E-state index is 0.259. The lowest BCUT2D eigenvalue weighted by Gasteiger charge is -2.37. The van der Waals surface area contributed by atoms with Crippen LogP contribution in [0.25, 0.3) is 4.96 Å². The van der Waals surface area contributed by atoms with E-state index in [1.54, 1.807) is 11.3 Å². The minimum absolute atomic E-state index is 0.259. The third kappa shape index (κ3) is 2.28. The van der Waals surface area contributed by atoms with Crippen LogP contribution in [0.3, 0.4) is 0 Å². The first kappa shape index (κ1) is 13.6. The Morgan fingerprint density at radius 1 is 1.19 bits per heavy atom. The highest BCUT2D eigenvalue weighted by Crippen LogP contribution is 2.42. The summed E-state index contributed by atoms with van der Waals surface area (Å²) >= 11 is 1.70. The Morgan fingerprint density at radius 2 is 2.00 bits per heavy atom. The predicted molar refractivity (Wildman–Crippen MR) is 83.6 cm³/mol. The lowest BCUT2D eigenvalue weighted by atomic mass is 9.78. The van der Waals surface area contributed by atoms with Gasteiger partial charge < -0.3 is 5.32 Å². The maximum atomic E-state index is 4.88. The first-order valence-electron chi connectivity index (χ1n) is 8.10. The molecule has 0 bridgehead atoms. The van der Waals surface area contributed by atoms with E-state index in [9.17, 15) is 0 Å². The highest BCUT2D eigenvalue weighted by molar-refractivity contribution is 7.16. The van der Waals surface area contributed by atoms with Gasteiger partial charge in [0, 0.05) is 5.92 Å². The Labute approximate surface area is 129 Å². The Bertz CT molecular complexity index is 638. The maximum Gasteiger partial charge on any atom is 0.234 e. The van der Waals surface area contributed by atoms with Gasteiger partial charge in [0.25, 0.3) is 0 Å². The molecule has 114 valence electrons. The van der Waals surface area contributed by atoms with Gasteiger partial charge in [0.1, 0.15) is 5.01 Å². The fourth-order valence-corrected chi connectivity index (χ4v) is 4.97. The van der Waals surface area contributed by atoms with Crippen LogP contribution < -0.4 is 5.32 Å². The summed E-state index contributed by atoms with van der Waals surface area (Å²) in [5, 5.41) is 18.5. The molecule has 2 fully saturated rings. The van der Waals surface area contributed by atoms with E-state index >= 15 is 0 Å². The second kappa shape index (κ2) is 5.02. The molecule has 1 N–H and O–H groups in total. The molecule has 1 saturated heterocycles. The number of piperidine rings is 1. The Balaban J connectivity index is 1.70. The van der Waals surface area contributed by atoms with Crippen molar-refractivity contribution >= 4 is 16.3 Å². The molecule has 4 rings (SSSR count). The average molecular weight is 305 g/mol. The molecule has 1 unspecified atom stereocenters. The summed E-state index contributed by atoms with van der Waals surface area (Å²) in [4.78, 5) is 0.954. The van der Waals surface area contributed by atoms with Gasteiger partial charge >= 0.3 is 0 Å². The van der Waals surface area contributed by atoms with Crippen molar-refractivity contribution in [3.8, 4) is 0 Å². The summed E-state index contributed by atoms with van der Waals surface area (Å²) < 4.78 is 2.02. The molecule has 2 aromatic rings. The van der Waals surface area contributed by atoms with Crippen LogP contribution in [-0.4, -0.2) is 26.4 Å². The van der Waals surface area contributed by atoms with E-state index < -0.39 is 0 Å². The molecule has 0 radical (unpaired) electrons. The van der Waals surface area contributed by atoms with Crippen LogP contribution in [0.4, 0.5) is 0 Å². The van der Waals surface area contributed by atoms with E-state index in [-0.39, 0.29) is 5.41 Å². The Hall–Kier alpha value is -1.01. The highest BCUT2D eigenvalue weighted by Gasteiger charge is 2.36. The van der Waals surface area contributed by atoms with E-state index in [2.05, 4.69) is 29.4 Å². The topological polar surface area (TPSA) is 55.1 Å². The fourth-order valence-electron chi connectivity index (χ4n) is 3.83. The zero-order chi connectivity index (χ0) is 14.4. The van der Waals surface area contributed by atoms with Gasteiger partial charge in [-0.25, -0.2) is 0 Å². The zero-order valence-corrected chi connectivity index (χ0v) is 13.6. The summed E-state index contributed by atoms with van der Waals surface area (Å²) in [5.74, 6) is 1.64. The molecule has 0 amide bonds. The Kier molecular flexibility index (Phi) is 3.26. The molecule has 1 aliphatic heterocycles. The molecular formula is C15H23N5S. The van der Waals surface area contributed by atoms with Crippen molar-refractivity contribution in [3.63, 3.8) is 0 Å². The standard InChI is InChI=1S/C15H23N5S/c1-15(2)8-5-9-16-11(15)13-19-20-12(10-6-3-4-7-10)17-18-14(20)21-13/h10-11,16H,3-9H2,1-2H3. The number of fused-ring (bicyclic) bond motifs is 1. The number of nitrogens with one attached hydrogen (secondary N) is 1. The van der Waals surface area contributed by atoms with E-state index in [1.807, 2.05) is 4.52 Å². The van der Waals surface area contributed by atoms with Crippen LogP contribution in [0.15, 0.2) is 0 Å². The van der Waals surface area contributed by atoms with Crippen molar-refractivity contribution in [2.24, 2.45) is 5.41 Å². The molecule has 0 aromatic carbocycles. The van der Waals surface area contributed by atoms with Crippen molar-refractivity contribution in [2.45, 2.75) is 64.3 Å². The van der Waals surface area contributed by atoms with Crippen molar-refractivity contribution in [3.05, 3.63) is 10.8 Å². The smallest absolute Gasteiger partial charge is 0.234 e. The van der Waals surface area contributed by atoms with Gasteiger partial charge in [-0.05, 0) is 37.6 Å². The number of rotatable bonds is 2. The molecule has 21 heavy (non-hydrogen) atoms. The maximum absolute atomic E-state index is 4.88. The molecule has 3 heterocycles. The van der Waals surface area contributed by atoms with Crippen LogP contribution in [0.1, 0.15) is 75.2 Å². The zero-order valence-electron chi connectivity index (χ0n) is 12.8. The highest BCUT2D eigenvalue weighted by atomic mass is 32.1. The molecule has 1 atom stereocenters. The largest absolute Gasteiger partial charge is 0.307 e. The van der Waals surface area contributed by atoms with Crippen molar-refractivity contribution in [1.82, 2.24) is 25.1 Å². The second-order valence-corrected chi connectivity index (χ2v) is 8.14. The molecule has 6 heteroatoms. The van der Waals surface area contributed by atoms with E-state index in [0.29, 0.717) is 12.0 Å². The minimum Gasteiger partial charge on any atom is -0.307 e. The summed E-state index contributed by atoms with van der Waals surface area (Å²) in [6.45, 7) is 5.76. The summed E-state index contributed by atoms with van der Waals surface area (Å²) in [5.41, 5.74) is 0.259. The average Bonchev–Trinajstić information content (AvgIpc) is 3.13. The predicted octanol–water partition coefficient (Wildman–Crippen LogP) is 3.29. The summed E-state index contributed by atoms with van der Waals surface area (Å²) in [6.07, 6.45) is 7.60.